The van der Waals surface area contributed by atoms with Gasteiger partial charge in [-0.2, -0.15) is 0 Å². The zero-order chi connectivity index (χ0) is 12.6. The molecule has 1 spiro atoms. The van der Waals surface area contributed by atoms with Crippen molar-refractivity contribution in [1.29, 1.82) is 0 Å². The van der Waals surface area contributed by atoms with Crippen LogP contribution in [0.1, 0.15) is 44.4 Å². The third kappa shape index (κ3) is 2.15. The fourth-order valence-corrected chi connectivity index (χ4v) is 3.05. The molecule has 0 bridgehead atoms. The lowest BCUT2D eigenvalue weighted by Crippen LogP contribution is -2.53. The van der Waals surface area contributed by atoms with Crippen molar-refractivity contribution in [2.45, 2.75) is 50.4 Å². The van der Waals surface area contributed by atoms with E-state index in [1.807, 2.05) is 0 Å². The number of hydrogen-bond donors (Lipinski definition) is 1. The summed E-state index contributed by atoms with van der Waals surface area (Å²) in [7, 11) is 0. The SMILES string of the molecule is CC1NCC2(CCCC2)OC1c1ccc(F)cn1. The number of ether oxygens (including phenoxy) is 1. The fourth-order valence-electron chi connectivity index (χ4n) is 3.05. The summed E-state index contributed by atoms with van der Waals surface area (Å²) >= 11 is 0. The van der Waals surface area contributed by atoms with Gasteiger partial charge in [0.05, 0.1) is 17.5 Å². The molecule has 1 aliphatic heterocycles. The highest BCUT2D eigenvalue weighted by Gasteiger charge is 2.42. The lowest BCUT2D eigenvalue weighted by molar-refractivity contribution is -0.133. The summed E-state index contributed by atoms with van der Waals surface area (Å²) in [4.78, 5) is 4.17. The summed E-state index contributed by atoms with van der Waals surface area (Å²) < 4.78 is 19.3. The molecule has 18 heavy (non-hydrogen) atoms. The van der Waals surface area contributed by atoms with E-state index >= 15 is 0 Å². The topological polar surface area (TPSA) is 34.1 Å². The molecular formula is C14H19FN2O. The van der Waals surface area contributed by atoms with E-state index < -0.39 is 0 Å². The molecule has 0 amide bonds. The largest absolute Gasteiger partial charge is 0.363 e. The van der Waals surface area contributed by atoms with Gasteiger partial charge in [-0.25, -0.2) is 4.39 Å². The van der Waals surface area contributed by atoms with Crippen molar-refractivity contribution < 1.29 is 9.13 Å². The molecular weight excluding hydrogens is 231 g/mol. The van der Waals surface area contributed by atoms with Crippen LogP contribution >= 0.6 is 0 Å². The molecule has 3 rings (SSSR count). The highest BCUT2D eigenvalue weighted by molar-refractivity contribution is 5.12. The van der Waals surface area contributed by atoms with E-state index in [2.05, 4.69) is 17.2 Å². The first kappa shape index (κ1) is 12.1. The van der Waals surface area contributed by atoms with Gasteiger partial charge in [0, 0.05) is 12.6 Å². The Kier molecular flexibility index (Phi) is 3.08. The Labute approximate surface area is 107 Å². The molecule has 2 unspecified atom stereocenters. The summed E-state index contributed by atoms with van der Waals surface area (Å²) in [6.45, 7) is 3.02. The molecule has 2 heterocycles. The first-order valence-corrected chi connectivity index (χ1v) is 6.71. The Bertz CT molecular complexity index is 414. The third-order valence-electron chi connectivity index (χ3n) is 4.13. The maximum absolute atomic E-state index is 12.9. The monoisotopic (exact) mass is 250 g/mol. The minimum absolute atomic E-state index is 0.0206. The van der Waals surface area contributed by atoms with Gasteiger partial charge in [-0.15, -0.1) is 0 Å². The van der Waals surface area contributed by atoms with Gasteiger partial charge in [-0.05, 0) is 31.9 Å². The van der Waals surface area contributed by atoms with Crippen LogP contribution < -0.4 is 5.32 Å². The first-order chi connectivity index (χ1) is 8.69. The highest BCUT2D eigenvalue weighted by Crippen LogP contribution is 2.40. The Balaban J connectivity index is 1.82. The average Bonchev–Trinajstić information content (AvgIpc) is 2.82. The second kappa shape index (κ2) is 4.59. The maximum atomic E-state index is 12.9. The van der Waals surface area contributed by atoms with Crippen LogP contribution in [0.3, 0.4) is 0 Å². The van der Waals surface area contributed by atoms with Gasteiger partial charge < -0.3 is 10.1 Å². The van der Waals surface area contributed by atoms with E-state index in [-0.39, 0.29) is 23.6 Å². The van der Waals surface area contributed by atoms with Gasteiger partial charge in [0.2, 0.25) is 0 Å². The molecule has 3 nitrogen and oxygen atoms in total. The number of nitrogens with one attached hydrogen (secondary N) is 1. The zero-order valence-corrected chi connectivity index (χ0v) is 10.7. The standard InChI is InChI=1S/C14H19FN2O/c1-10-13(12-5-4-11(15)8-16-12)18-14(9-17-10)6-2-3-7-14/h4-5,8,10,13,17H,2-3,6-7,9H2,1H3. The molecule has 98 valence electrons. The van der Waals surface area contributed by atoms with Crippen LogP contribution in [-0.4, -0.2) is 23.2 Å². The Morgan fingerprint density at radius 1 is 1.39 bits per heavy atom. The molecule has 1 aliphatic carbocycles. The van der Waals surface area contributed by atoms with E-state index in [0.29, 0.717) is 0 Å². The predicted molar refractivity (Wildman–Crippen MR) is 66.7 cm³/mol. The van der Waals surface area contributed by atoms with Crippen LogP contribution in [0.5, 0.6) is 0 Å². The van der Waals surface area contributed by atoms with Gasteiger partial charge in [0.25, 0.3) is 0 Å². The van der Waals surface area contributed by atoms with Crippen molar-refractivity contribution in [1.82, 2.24) is 10.3 Å². The number of aromatic nitrogens is 1. The second-order valence-electron chi connectivity index (χ2n) is 5.50. The minimum Gasteiger partial charge on any atom is -0.363 e. The lowest BCUT2D eigenvalue weighted by atomic mass is 9.95. The minimum atomic E-state index is -0.300. The smallest absolute Gasteiger partial charge is 0.141 e. The van der Waals surface area contributed by atoms with Crippen LogP contribution in [0.2, 0.25) is 0 Å². The number of halogens is 1. The summed E-state index contributed by atoms with van der Waals surface area (Å²) in [5.74, 6) is -0.300. The zero-order valence-electron chi connectivity index (χ0n) is 10.7. The summed E-state index contributed by atoms with van der Waals surface area (Å²) in [6, 6.07) is 3.40. The van der Waals surface area contributed by atoms with Gasteiger partial charge >= 0.3 is 0 Å². The van der Waals surface area contributed by atoms with E-state index in [1.54, 1.807) is 6.07 Å². The molecule has 0 radical (unpaired) electrons. The van der Waals surface area contributed by atoms with E-state index in [1.165, 1.54) is 25.1 Å². The van der Waals surface area contributed by atoms with E-state index in [0.717, 1.165) is 25.1 Å². The second-order valence-corrected chi connectivity index (χ2v) is 5.50. The molecule has 1 aromatic rings. The van der Waals surface area contributed by atoms with Crippen molar-refractivity contribution >= 4 is 0 Å². The fraction of sp³-hybridized carbons (Fsp3) is 0.643. The van der Waals surface area contributed by atoms with Crippen LogP contribution in [0.4, 0.5) is 4.39 Å². The molecule has 0 aromatic carbocycles. The number of nitrogens with zero attached hydrogens (tertiary/aromatic N) is 1. The molecule has 1 saturated carbocycles. The van der Waals surface area contributed by atoms with Crippen molar-refractivity contribution in [2.75, 3.05) is 6.54 Å². The lowest BCUT2D eigenvalue weighted by Gasteiger charge is -2.42. The predicted octanol–water partition coefficient (Wildman–Crippen LogP) is 2.58. The molecule has 2 atom stereocenters. The molecule has 4 heteroatoms. The Hall–Kier alpha value is -1.00. The number of morpholine rings is 1. The van der Waals surface area contributed by atoms with Crippen LogP contribution in [0.15, 0.2) is 18.3 Å². The van der Waals surface area contributed by atoms with Gasteiger partial charge in [0.1, 0.15) is 11.9 Å². The maximum Gasteiger partial charge on any atom is 0.141 e. The number of rotatable bonds is 1. The molecule has 1 saturated heterocycles. The molecule has 1 aromatic heterocycles. The van der Waals surface area contributed by atoms with Crippen molar-refractivity contribution in [3.05, 3.63) is 29.8 Å². The quantitative estimate of drug-likeness (QED) is 0.832. The van der Waals surface area contributed by atoms with Gasteiger partial charge in [-0.3, -0.25) is 4.98 Å². The Morgan fingerprint density at radius 3 is 2.83 bits per heavy atom. The Morgan fingerprint density at radius 2 is 2.17 bits per heavy atom. The first-order valence-electron chi connectivity index (χ1n) is 6.71. The molecule has 2 fully saturated rings. The summed E-state index contributed by atoms with van der Waals surface area (Å²) in [6.07, 6.45) is 5.90. The summed E-state index contributed by atoms with van der Waals surface area (Å²) in [5, 5.41) is 3.52. The van der Waals surface area contributed by atoms with Crippen LogP contribution in [0.25, 0.3) is 0 Å². The number of pyridine rings is 1. The van der Waals surface area contributed by atoms with Gasteiger partial charge in [0.15, 0.2) is 0 Å². The highest BCUT2D eigenvalue weighted by atomic mass is 19.1. The number of hydrogen-bond acceptors (Lipinski definition) is 3. The third-order valence-corrected chi connectivity index (χ3v) is 4.13. The van der Waals surface area contributed by atoms with Crippen LogP contribution in [-0.2, 0) is 4.74 Å². The van der Waals surface area contributed by atoms with Gasteiger partial charge in [-0.1, -0.05) is 12.8 Å². The van der Waals surface area contributed by atoms with Crippen molar-refractivity contribution in [3.8, 4) is 0 Å². The summed E-state index contributed by atoms with van der Waals surface area (Å²) in [5.41, 5.74) is 0.801. The normalized spacial score (nSPS) is 30.8. The van der Waals surface area contributed by atoms with Crippen LogP contribution in [0, 0.1) is 5.82 Å². The van der Waals surface area contributed by atoms with E-state index in [9.17, 15) is 4.39 Å². The van der Waals surface area contributed by atoms with E-state index in [4.69, 9.17) is 4.74 Å². The molecule has 2 aliphatic rings. The van der Waals surface area contributed by atoms with Crippen molar-refractivity contribution in [3.63, 3.8) is 0 Å². The van der Waals surface area contributed by atoms with Crippen molar-refractivity contribution in [2.24, 2.45) is 0 Å². The average molecular weight is 250 g/mol. The molecule has 1 N–H and O–H groups in total.